The van der Waals surface area contributed by atoms with Crippen molar-refractivity contribution in [3.05, 3.63) is 87.5 Å². The number of aromatic nitrogens is 1. The predicted octanol–water partition coefficient (Wildman–Crippen LogP) is 3.01. The fourth-order valence-corrected chi connectivity index (χ4v) is 2.82. The maximum Gasteiger partial charge on any atom is 0.337 e. The second-order valence-electron chi connectivity index (χ2n) is 6.36. The summed E-state index contributed by atoms with van der Waals surface area (Å²) in [5, 5.41) is 2.48. The summed E-state index contributed by atoms with van der Waals surface area (Å²) in [4.78, 5) is 51.3. The monoisotopic (exact) mass is 424 g/mol. The Kier molecular flexibility index (Phi) is 6.25. The molecule has 2 N–H and O–H groups in total. The molecule has 0 fully saturated rings. The third kappa shape index (κ3) is 4.84. The molecule has 3 aromatic rings. The van der Waals surface area contributed by atoms with Gasteiger partial charge in [-0.05, 0) is 60.2 Å². The minimum absolute atomic E-state index is 0.0151. The zero-order valence-electron chi connectivity index (χ0n) is 16.5. The van der Waals surface area contributed by atoms with E-state index in [1.165, 1.54) is 68.8 Å². The highest BCUT2D eigenvalue weighted by molar-refractivity contribution is 6.06. The van der Waals surface area contributed by atoms with Gasteiger partial charge < -0.3 is 19.8 Å². The highest BCUT2D eigenvalue weighted by Crippen LogP contribution is 2.19. The zero-order chi connectivity index (χ0) is 22.5. The Morgan fingerprint density at radius 3 is 1.97 bits per heavy atom. The second kappa shape index (κ2) is 9.04. The number of carbonyl (C=O) groups is 3. The fraction of sp³-hybridized carbons (Fsp3) is 0.0909. The van der Waals surface area contributed by atoms with E-state index >= 15 is 0 Å². The van der Waals surface area contributed by atoms with Crippen LogP contribution in [0.25, 0.3) is 11.3 Å². The quantitative estimate of drug-likeness (QED) is 0.609. The topological polar surface area (TPSA) is 115 Å². The number of amides is 1. The summed E-state index contributed by atoms with van der Waals surface area (Å²) in [5.41, 5.74) is 0.226. The molecule has 31 heavy (non-hydrogen) atoms. The van der Waals surface area contributed by atoms with Crippen LogP contribution in [0.4, 0.5) is 10.1 Å². The van der Waals surface area contributed by atoms with E-state index in [9.17, 15) is 23.6 Å². The number of aromatic amines is 1. The maximum atomic E-state index is 13.1. The van der Waals surface area contributed by atoms with Gasteiger partial charge in [-0.25, -0.2) is 14.0 Å². The standard InChI is InChI=1S/C22H17FN2O6/c1-30-21(28)13-9-14(22(29)31-2)11-16(10-13)24-19(26)17-7-8-18(25-20(17)27)12-3-5-15(23)6-4-12/h3-11H,1-2H3,(H,24,26)(H,25,27). The Hall–Kier alpha value is -4.27. The Bertz CT molecular complexity index is 1180. The van der Waals surface area contributed by atoms with E-state index in [-0.39, 0.29) is 22.4 Å². The summed E-state index contributed by atoms with van der Waals surface area (Å²) in [6.07, 6.45) is 0. The molecule has 0 saturated heterocycles. The van der Waals surface area contributed by atoms with Gasteiger partial charge in [0, 0.05) is 11.4 Å². The lowest BCUT2D eigenvalue weighted by molar-refractivity contribution is 0.0599. The van der Waals surface area contributed by atoms with Gasteiger partial charge in [0.05, 0.1) is 25.3 Å². The SMILES string of the molecule is COC(=O)c1cc(NC(=O)c2ccc(-c3ccc(F)cc3)[nH]c2=O)cc(C(=O)OC)c1. The normalized spacial score (nSPS) is 10.3. The van der Waals surface area contributed by atoms with Crippen molar-refractivity contribution in [2.45, 2.75) is 0 Å². The summed E-state index contributed by atoms with van der Waals surface area (Å²) in [6.45, 7) is 0. The van der Waals surface area contributed by atoms with Crippen molar-refractivity contribution in [1.29, 1.82) is 0 Å². The van der Waals surface area contributed by atoms with E-state index in [1.54, 1.807) is 0 Å². The minimum Gasteiger partial charge on any atom is -0.465 e. The van der Waals surface area contributed by atoms with Gasteiger partial charge in [-0.2, -0.15) is 0 Å². The molecule has 0 saturated carbocycles. The first-order chi connectivity index (χ1) is 14.8. The average molecular weight is 424 g/mol. The number of hydrogen-bond donors (Lipinski definition) is 2. The molecule has 3 rings (SSSR count). The van der Waals surface area contributed by atoms with E-state index in [1.807, 2.05) is 0 Å². The number of hydrogen-bond acceptors (Lipinski definition) is 6. The summed E-state index contributed by atoms with van der Waals surface area (Å²) in [5.74, 6) is -2.61. The highest BCUT2D eigenvalue weighted by atomic mass is 19.1. The number of benzene rings is 2. The molecule has 0 bridgehead atoms. The van der Waals surface area contributed by atoms with Crippen molar-refractivity contribution in [3.63, 3.8) is 0 Å². The zero-order valence-corrected chi connectivity index (χ0v) is 16.5. The Morgan fingerprint density at radius 1 is 0.871 bits per heavy atom. The van der Waals surface area contributed by atoms with Crippen LogP contribution >= 0.6 is 0 Å². The van der Waals surface area contributed by atoms with E-state index in [2.05, 4.69) is 19.8 Å². The van der Waals surface area contributed by atoms with Crippen molar-refractivity contribution < 1.29 is 28.2 Å². The predicted molar refractivity (Wildman–Crippen MR) is 110 cm³/mol. The molecule has 0 atom stereocenters. The summed E-state index contributed by atoms with van der Waals surface area (Å²) in [7, 11) is 2.35. The molecule has 0 aliphatic rings. The smallest absolute Gasteiger partial charge is 0.337 e. The second-order valence-corrected chi connectivity index (χ2v) is 6.36. The van der Waals surface area contributed by atoms with Crippen LogP contribution in [0.15, 0.2) is 59.4 Å². The van der Waals surface area contributed by atoms with Gasteiger partial charge in [0.25, 0.3) is 11.5 Å². The number of methoxy groups -OCH3 is 2. The van der Waals surface area contributed by atoms with Crippen molar-refractivity contribution in [3.8, 4) is 11.3 Å². The van der Waals surface area contributed by atoms with Gasteiger partial charge in [0.15, 0.2) is 0 Å². The molecule has 2 aromatic carbocycles. The number of rotatable bonds is 5. The average Bonchev–Trinajstić information content (AvgIpc) is 2.78. The molecule has 0 aliphatic heterocycles. The Labute approximate surface area is 175 Å². The number of halogens is 1. The number of nitrogens with one attached hydrogen (secondary N) is 2. The highest BCUT2D eigenvalue weighted by Gasteiger charge is 2.17. The van der Waals surface area contributed by atoms with Gasteiger partial charge in [-0.15, -0.1) is 0 Å². The van der Waals surface area contributed by atoms with Crippen LogP contribution in [-0.4, -0.2) is 37.0 Å². The number of H-pyrrole nitrogens is 1. The summed E-state index contributed by atoms with van der Waals surface area (Å²) >= 11 is 0. The van der Waals surface area contributed by atoms with Crippen molar-refractivity contribution >= 4 is 23.5 Å². The molecule has 0 unspecified atom stereocenters. The summed E-state index contributed by atoms with van der Waals surface area (Å²) < 4.78 is 22.4. The minimum atomic E-state index is -0.760. The summed E-state index contributed by atoms with van der Waals surface area (Å²) in [6, 6.07) is 12.2. The van der Waals surface area contributed by atoms with Gasteiger partial charge in [0.1, 0.15) is 11.4 Å². The number of anilines is 1. The van der Waals surface area contributed by atoms with E-state index in [0.29, 0.717) is 11.3 Å². The van der Waals surface area contributed by atoms with Gasteiger partial charge in [0.2, 0.25) is 0 Å². The van der Waals surface area contributed by atoms with Crippen molar-refractivity contribution in [2.75, 3.05) is 19.5 Å². The van der Waals surface area contributed by atoms with Crippen molar-refractivity contribution in [2.24, 2.45) is 0 Å². The van der Waals surface area contributed by atoms with Crippen LogP contribution in [0.5, 0.6) is 0 Å². The first kappa shape index (κ1) is 21.4. The van der Waals surface area contributed by atoms with Crippen LogP contribution in [0.2, 0.25) is 0 Å². The van der Waals surface area contributed by atoms with Crippen LogP contribution in [-0.2, 0) is 9.47 Å². The number of carbonyl (C=O) groups excluding carboxylic acids is 3. The van der Waals surface area contributed by atoms with Gasteiger partial charge >= 0.3 is 11.9 Å². The maximum absolute atomic E-state index is 13.1. The Balaban J connectivity index is 1.90. The lowest BCUT2D eigenvalue weighted by Crippen LogP contribution is -2.23. The van der Waals surface area contributed by atoms with E-state index < -0.39 is 29.2 Å². The largest absolute Gasteiger partial charge is 0.465 e. The molecule has 0 aliphatic carbocycles. The number of pyridine rings is 1. The van der Waals surface area contributed by atoms with E-state index in [4.69, 9.17) is 0 Å². The molecule has 1 aromatic heterocycles. The first-order valence-corrected chi connectivity index (χ1v) is 8.94. The molecular weight excluding hydrogens is 407 g/mol. The number of esters is 2. The van der Waals surface area contributed by atoms with Crippen LogP contribution in [0, 0.1) is 5.82 Å². The fourth-order valence-electron chi connectivity index (χ4n) is 2.82. The third-order valence-corrected chi connectivity index (χ3v) is 4.34. The van der Waals surface area contributed by atoms with Crippen LogP contribution in [0.3, 0.4) is 0 Å². The van der Waals surface area contributed by atoms with Gasteiger partial charge in [-0.3, -0.25) is 9.59 Å². The molecule has 1 heterocycles. The molecule has 8 nitrogen and oxygen atoms in total. The first-order valence-electron chi connectivity index (χ1n) is 8.94. The van der Waals surface area contributed by atoms with E-state index in [0.717, 1.165) is 0 Å². The molecule has 1 amide bonds. The lowest BCUT2D eigenvalue weighted by Gasteiger charge is -2.10. The van der Waals surface area contributed by atoms with Gasteiger partial charge in [-0.1, -0.05) is 0 Å². The third-order valence-electron chi connectivity index (χ3n) is 4.34. The van der Waals surface area contributed by atoms with Crippen LogP contribution < -0.4 is 10.9 Å². The molecule has 158 valence electrons. The number of ether oxygens (including phenoxy) is 2. The molecular formula is C22H17FN2O6. The lowest BCUT2D eigenvalue weighted by atomic mass is 10.1. The molecule has 0 spiro atoms. The molecule has 9 heteroatoms. The van der Waals surface area contributed by atoms with Crippen LogP contribution in [0.1, 0.15) is 31.1 Å². The Morgan fingerprint density at radius 2 is 1.45 bits per heavy atom. The van der Waals surface area contributed by atoms with Crippen molar-refractivity contribution in [1.82, 2.24) is 4.98 Å². The molecule has 0 radical (unpaired) electrons.